The van der Waals surface area contributed by atoms with Crippen LogP contribution in [0.1, 0.15) is 37.0 Å². The second-order valence-corrected chi connectivity index (χ2v) is 8.63. The first-order valence-electron chi connectivity index (χ1n) is 10.3. The maximum atomic E-state index is 12.6. The van der Waals surface area contributed by atoms with Crippen LogP contribution in [0.5, 0.6) is 0 Å². The number of rotatable bonds is 4. The molecule has 0 bridgehead atoms. The topological polar surface area (TPSA) is 44.8 Å². The molecule has 1 amide bonds. The second kappa shape index (κ2) is 9.23. The van der Waals surface area contributed by atoms with E-state index in [1.165, 1.54) is 0 Å². The van der Waals surface area contributed by atoms with Crippen molar-refractivity contribution in [2.24, 2.45) is 0 Å². The fourth-order valence-corrected chi connectivity index (χ4v) is 4.78. The summed E-state index contributed by atoms with van der Waals surface area (Å²) in [6.45, 7) is 4.30. The number of nitrogens with zero attached hydrogens (tertiary/aromatic N) is 2. The van der Waals surface area contributed by atoms with Gasteiger partial charge < -0.3 is 15.0 Å². The van der Waals surface area contributed by atoms with E-state index in [0.717, 1.165) is 47.2 Å². The van der Waals surface area contributed by atoms with Gasteiger partial charge in [0.1, 0.15) is 6.10 Å². The number of carbonyl (C=O) groups excluding carboxylic acids is 1. The Morgan fingerprint density at radius 1 is 1.13 bits per heavy atom. The third kappa shape index (κ3) is 4.40. The van der Waals surface area contributed by atoms with Crippen LogP contribution in [0.15, 0.2) is 54.6 Å². The maximum Gasteiger partial charge on any atom is 0.411 e. The number of cyclic esters (lactones) is 1. The average Bonchev–Trinajstić information content (AvgIpc) is 3.07. The van der Waals surface area contributed by atoms with Gasteiger partial charge in [-0.2, -0.15) is 0 Å². The standard InChI is InChI=1S/C23H26ClN3O2S/c1-16-21(17-7-3-2-4-8-17)29-23(28)27(16)19-11-13-26(14-12-19)22(30)25-15-18-9-5-6-10-20(18)24/h2-10,16,19,21H,11-15H2,1H3,(H,25,30). The molecule has 2 saturated heterocycles. The number of halogens is 1. The highest BCUT2D eigenvalue weighted by atomic mass is 35.5. The lowest BCUT2D eigenvalue weighted by Crippen LogP contribution is -2.51. The Kier molecular flexibility index (Phi) is 6.44. The molecule has 2 unspecified atom stereocenters. The zero-order valence-corrected chi connectivity index (χ0v) is 18.5. The summed E-state index contributed by atoms with van der Waals surface area (Å²) in [5, 5.41) is 4.77. The van der Waals surface area contributed by atoms with Crippen molar-refractivity contribution in [3.8, 4) is 0 Å². The van der Waals surface area contributed by atoms with Crippen LogP contribution in [-0.2, 0) is 11.3 Å². The number of likely N-dealkylation sites (tertiary alicyclic amines) is 1. The highest BCUT2D eigenvalue weighted by Gasteiger charge is 2.44. The fraction of sp³-hybridized carbons (Fsp3) is 0.391. The zero-order chi connectivity index (χ0) is 21.1. The van der Waals surface area contributed by atoms with E-state index in [1.807, 2.05) is 59.5 Å². The van der Waals surface area contributed by atoms with E-state index in [9.17, 15) is 4.79 Å². The summed E-state index contributed by atoms with van der Waals surface area (Å²) in [4.78, 5) is 16.7. The van der Waals surface area contributed by atoms with E-state index >= 15 is 0 Å². The van der Waals surface area contributed by atoms with Crippen LogP contribution in [0.3, 0.4) is 0 Å². The molecule has 2 aliphatic rings. The largest absolute Gasteiger partial charge is 0.439 e. The Morgan fingerprint density at radius 3 is 2.50 bits per heavy atom. The molecule has 0 aliphatic carbocycles. The van der Waals surface area contributed by atoms with Crippen molar-refractivity contribution in [3.05, 3.63) is 70.7 Å². The maximum absolute atomic E-state index is 12.6. The van der Waals surface area contributed by atoms with Crippen molar-refractivity contribution in [2.75, 3.05) is 13.1 Å². The van der Waals surface area contributed by atoms with Crippen molar-refractivity contribution < 1.29 is 9.53 Å². The molecule has 2 fully saturated rings. The minimum absolute atomic E-state index is 0.0155. The number of hydrogen-bond acceptors (Lipinski definition) is 3. The zero-order valence-electron chi connectivity index (χ0n) is 17.0. The van der Waals surface area contributed by atoms with E-state index in [0.29, 0.717) is 6.54 Å². The Morgan fingerprint density at radius 2 is 1.80 bits per heavy atom. The Balaban J connectivity index is 1.31. The van der Waals surface area contributed by atoms with Crippen molar-refractivity contribution in [3.63, 3.8) is 0 Å². The third-order valence-corrected chi connectivity index (χ3v) is 6.75. The molecule has 2 aromatic carbocycles. The Bertz CT molecular complexity index is 902. The molecule has 7 heteroatoms. The molecule has 4 rings (SSSR count). The van der Waals surface area contributed by atoms with E-state index in [1.54, 1.807) is 0 Å². The molecule has 1 N–H and O–H groups in total. The van der Waals surface area contributed by atoms with Crippen LogP contribution >= 0.6 is 23.8 Å². The van der Waals surface area contributed by atoms with Gasteiger partial charge in [-0.15, -0.1) is 0 Å². The first-order chi connectivity index (χ1) is 14.5. The molecule has 5 nitrogen and oxygen atoms in total. The van der Waals surface area contributed by atoms with Gasteiger partial charge in [-0.3, -0.25) is 4.90 Å². The first-order valence-corrected chi connectivity index (χ1v) is 11.1. The summed E-state index contributed by atoms with van der Waals surface area (Å²) in [7, 11) is 0. The van der Waals surface area contributed by atoms with Crippen LogP contribution in [0.4, 0.5) is 4.79 Å². The molecule has 2 aromatic rings. The summed E-state index contributed by atoms with van der Waals surface area (Å²) < 4.78 is 5.72. The number of ether oxygens (including phenoxy) is 1. The molecular weight excluding hydrogens is 418 g/mol. The number of benzene rings is 2. The molecule has 30 heavy (non-hydrogen) atoms. The predicted octanol–water partition coefficient (Wildman–Crippen LogP) is 4.76. The van der Waals surface area contributed by atoms with Gasteiger partial charge in [-0.1, -0.05) is 60.1 Å². The predicted molar refractivity (Wildman–Crippen MR) is 122 cm³/mol. The van der Waals surface area contributed by atoms with Crippen molar-refractivity contribution in [2.45, 2.75) is 44.5 Å². The van der Waals surface area contributed by atoms with Crippen LogP contribution in [-0.4, -0.2) is 46.2 Å². The molecule has 2 aliphatic heterocycles. The van der Waals surface area contributed by atoms with Crippen LogP contribution in [0.25, 0.3) is 0 Å². The molecule has 0 saturated carbocycles. The van der Waals surface area contributed by atoms with Crippen molar-refractivity contribution in [1.82, 2.24) is 15.1 Å². The monoisotopic (exact) mass is 443 g/mol. The normalized spacial score (nSPS) is 22.1. The smallest absolute Gasteiger partial charge is 0.411 e. The minimum atomic E-state index is -0.214. The van der Waals surface area contributed by atoms with Gasteiger partial charge >= 0.3 is 6.09 Å². The van der Waals surface area contributed by atoms with Gasteiger partial charge in [0, 0.05) is 30.7 Å². The molecule has 0 spiro atoms. The van der Waals surface area contributed by atoms with Gasteiger partial charge in [-0.25, -0.2) is 4.79 Å². The lowest BCUT2D eigenvalue weighted by molar-refractivity contribution is 0.120. The highest BCUT2D eigenvalue weighted by molar-refractivity contribution is 7.80. The van der Waals surface area contributed by atoms with E-state index in [2.05, 4.69) is 17.1 Å². The van der Waals surface area contributed by atoms with Crippen molar-refractivity contribution >= 4 is 35.0 Å². The lowest BCUT2D eigenvalue weighted by atomic mass is 9.98. The van der Waals surface area contributed by atoms with Crippen LogP contribution < -0.4 is 5.32 Å². The number of amides is 1. The van der Waals surface area contributed by atoms with Gasteiger partial charge in [0.25, 0.3) is 0 Å². The summed E-state index contributed by atoms with van der Waals surface area (Å²) >= 11 is 11.8. The summed E-state index contributed by atoms with van der Waals surface area (Å²) in [6.07, 6.45) is 1.31. The number of nitrogens with one attached hydrogen (secondary N) is 1. The Hall–Kier alpha value is -2.31. The second-order valence-electron chi connectivity index (χ2n) is 7.83. The van der Waals surface area contributed by atoms with E-state index in [-0.39, 0.29) is 24.3 Å². The summed E-state index contributed by atoms with van der Waals surface area (Å²) in [5.41, 5.74) is 2.07. The number of hydrogen-bond donors (Lipinski definition) is 1. The fourth-order valence-electron chi connectivity index (χ4n) is 4.32. The van der Waals surface area contributed by atoms with Gasteiger partial charge in [0.2, 0.25) is 0 Å². The molecular formula is C23H26ClN3O2S. The first kappa shape index (κ1) is 20.9. The molecule has 2 heterocycles. The highest BCUT2D eigenvalue weighted by Crippen LogP contribution is 2.35. The third-order valence-electron chi connectivity index (χ3n) is 5.98. The number of carbonyl (C=O) groups is 1. The summed E-state index contributed by atoms with van der Waals surface area (Å²) in [6, 6.07) is 17.9. The molecule has 2 atom stereocenters. The van der Waals surface area contributed by atoms with Gasteiger partial charge in [-0.05, 0) is 49.2 Å². The quantitative estimate of drug-likeness (QED) is 0.690. The van der Waals surface area contributed by atoms with E-state index < -0.39 is 0 Å². The van der Waals surface area contributed by atoms with E-state index in [4.69, 9.17) is 28.6 Å². The number of piperidine rings is 1. The number of thiocarbonyl (C=S) groups is 1. The molecule has 0 aromatic heterocycles. The Labute approximate surface area is 187 Å². The summed E-state index contributed by atoms with van der Waals surface area (Å²) in [5.74, 6) is 0. The SMILES string of the molecule is CC1C(c2ccccc2)OC(=O)N1C1CCN(C(=S)NCc2ccccc2Cl)CC1. The van der Waals surface area contributed by atoms with Gasteiger partial charge in [0.05, 0.1) is 6.04 Å². The van der Waals surface area contributed by atoms with Crippen molar-refractivity contribution in [1.29, 1.82) is 0 Å². The molecule has 158 valence electrons. The average molecular weight is 444 g/mol. The van der Waals surface area contributed by atoms with Gasteiger partial charge in [0.15, 0.2) is 5.11 Å². The lowest BCUT2D eigenvalue weighted by Gasteiger charge is -2.38. The van der Waals surface area contributed by atoms with Crippen LogP contribution in [0, 0.1) is 0 Å². The minimum Gasteiger partial charge on any atom is -0.439 e. The van der Waals surface area contributed by atoms with Crippen LogP contribution in [0.2, 0.25) is 5.02 Å². The molecule has 0 radical (unpaired) electrons.